The predicted molar refractivity (Wildman–Crippen MR) is 75.7 cm³/mol. The zero-order valence-corrected chi connectivity index (χ0v) is 10.8. The Balaban J connectivity index is 2.31. The SMILES string of the molecule is CNc1ccccc1-c1nc2c(F)cccc2n1C. The summed E-state index contributed by atoms with van der Waals surface area (Å²) >= 11 is 0. The fourth-order valence-corrected chi connectivity index (χ4v) is 2.32. The Bertz CT molecular complexity index is 746. The first-order chi connectivity index (χ1) is 9.22. The normalized spacial score (nSPS) is 10.9. The molecule has 0 saturated heterocycles. The molecule has 1 N–H and O–H groups in total. The molecule has 1 heterocycles. The van der Waals surface area contributed by atoms with E-state index < -0.39 is 0 Å². The minimum atomic E-state index is -0.290. The Morgan fingerprint density at radius 1 is 1.11 bits per heavy atom. The van der Waals surface area contributed by atoms with Gasteiger partial charge in [-0.3, -0.25) is 0 Å². The molecule has 96 valence electrons. The molecule has 0 spiro atoms. The van der Waals surface area contributed by atoms with Gasteiger partial charge in [0.05, 0.1) is 5.52 Å². The van der Waals surface area contributed by atoms with Crippen LogP contribution < -0.4 is 5.32 Å². The largest absolute Gasteiger partial charge is 0.388 e. The molecule has 3 aromatic rings. The van der Waals surface area contributed by atoms with Gasteiger partial charge in [-0.15, -0.1) is 0 Å². The Kier molecular flexibility index (Phi) is 2.71. The van der Waals surface area contributed by atoms with Crippen molar-refractivity contribution in [3.63, 3.8) is 0 Å². The standard InChI is InChI=1S/C15H14FN3/c1-17-12-8-4-3-6-10(12)15-18-14-11(16)7-5-9-13(14)19(15)2/h3-9,17H,1-2H3. The van der Waals surface area contributed by atoms with Crippen molar-refractivity contribution in [2.75, 3.05) is 12.4 Å². The van der Waals surface area contributed by atoms with Crippen molar-refractivity contribution < 1.29 is 4.39 Å². The second kappa shape index (κ2) is 4.39. The van der Waals surface area contributed by atoms with Crippen LogP contribution in [0.2, 0.25) is 0 Å². The van der Waals surface area contributed by atoms with E-state index in [2.05, 4.69) is 10.3 Å². The first-order valence-electron chi connectivity index (χ1n) is 6.10. The predicted octanol–water partition coefficient (Wildman–Crippen LogP) is 3.42. The molecule has 0 unspecified atom stereocenters. The number of rotatable bonds is 2. The van der Waals surface area contributed by atoms with Crippen molar-refractivity contribution in [1.29, 1.82) is 0 Å². The number of hydrogen-bond acceptors (Lipinski definition) is 2. The third-order valence-corrected chi connectivity index (χ3v) is 3.30. The van der Waals surface area contributed by atoms with Gasteiger partial charge < -0.3 is 9.88 Å². The van der Waals surface area contributed by atoms with Crippen molar-refractivity contribution >= 4 is 16.7 Å². The van der Waals surface area contributed by atoms with Crippen LogP contribution in [0.1, 0.15) is 0 Å². The van der Waals surface area contributed by atoms with Crippen molar-refractivity contribution in [2.24, 2.45) is 7.05 Å². The molecular formula is C15H14FN3. The van der Waals surface area contributed by atoms with E-state index in [1.165, 1.54) is 6.07 Å². The number of benzene rings is 2. The smallest absolute Gasteiger partial charge is 0.151 e. The lowest BCUT2D eigenvalue weighted by atomic mass is 10.1. The van der Waals surface area contributed by atoms with Gasteiger partial charge in [-0.1, -0.05) is 18.2 Å². The molecule has 3 rings (SSSR count). The second-order valence-electron chi connectivity index (χ2n) is 4.40. The first-order valence-corrected chi connectivity index (χ1v) is 6.10. The fourth-order valence-electron chi connectivity index (χ4n) is 2.32. The molecule has 2 aromatic carbocycles. The molecule has 0 bridgehead atoms. The lowest BCUT2D eigenvalue weighted by molar-refractivity contribution is 0.637. The van der Waals surface area contributed by atoms with Crippen molar-refractivity contribution in [2.45, 2.75) is 0 Å². The lowest BCUT2D eigenvalue weighted by Gasteiger charge is -2.08. The van der Waals surface area contributed by atoms with Crippen LogP contribution in [0.5, 0.6) is 0 Å². The van der Waals surface area contributed by atoms with E-state index in [1.54, 1.807) is 6.07 Å². The summed E-state index contributed by atoms with van der Waals surface area (Å²) in [6.45, 7) is 0. The van der Waals surface area contributed by atoms with E-state index in [1.807, 2.05) is 49.0 Å². The molecule has 1 aromatic heterocycles. The highest BCUT2D eigenvalue weighted by molar-refractivity contribution is 5.84. The van der Waals surface area contributed by atoms with Gasteiger partial charge in [0.2, 0.25) is 0 Å². The summed E-state index contributed by atoms with van der Waals surface area (Å²) in [6.07, 6.45) is 0. The second-order valence-corrected chi connectivity index (χ2v) is 4.40. The number of anilines is 1. The maximum atomic E-state index is 13.8. The van der Waals surface area contributed by atoms with E-state index in [0.29, 0.717) is 5.52 Å². The van der Waals surface area contributed by atoms with Crippen LogP contribution in [0.15, 0.2) is 42.5 Å². The molecule has 0 atom stereocenters. The van der Waals surface area contributed by atoms with Gasteiger partial charge in [-0.05, 0) is 24.3 Å². The van der Waals surface area contributed by atoms with E-state index in [0.717, 1.165) is 22.6 Å². The number of nitrogens with zero attached hydrogens (tertiary/aromatic N) is 2. The summed E-state index contributed by atoms with van der Waals surface area (Å²) < 4.78 is 15.7. The van der Waals surface area contributed by atoms with Crippen molar-refractivity contribution in [3.05, 3.63) is 48.3 Å². The zero-order chi connectivity index (χ0) is 13.4. The van der Waals surface area contributed by atoms with Gasteiger partial charge in [0.1, 0.15) is 11.3 Å². The van der Waals surface area contributed by atoms with Crippen molar-refractivity contribution in [3.8, 4) is 11.4 Å². The topological polar surface area (TPSA) is 29.9 Å². The molecular weight excluding hydrogens is 241 g/mol. The number of halogens is 1. The quantitative estimate of drug-likeness (QED) is 0.760. The van der Waals surface area contributed by atoms with Crippen LogP contribution in [0.25, 0.3) is 22.4 Å². The van der Waals surface area contributed by atoms with Gasteiger partial charge >= 0.3 is 0 Å². The lowest BCUT2D eigenvalue weighted by Crippen LogP contribution is -1.97. The number of aromatic nitrogens is 2. The Hall–Kier alpha value is -2.36. The van der Waals surface area contributed by atoms with Crippen LogP contribution in [0.3, 0.4) is 0 Å². The molecule has 19 heavy (non-hydrogen) atoms. The van der Waals surface area contributed by atoms with Gasteiger partial charge in [0, 0.05) is 25.3 Å². The van der Waals surface area contributed by atoms with Crippen LogP contribution in [0.4, 0.5) is 10.1 Å². The molecule has 0 aliphatic heterocycles. The van der Waals surface area contributed by atoms with Crippen LogP contribution in [0, 0.1) is 5.82 Å². The van der Waals surface area contributed by atoms with Crippen LogP contribution in [-0.2, 0) is 7.05 Å². The van der Waals surface area contributed by atoms with E-state index in [-0.39, 0.29) is 5.82 Å². The third kappa shape index (κ3) is 1.76. The highest BCUT2D eigenvalue weighted by Crippen LogP contribution is 2.29. The molecule has 4 heteroatoms. The maximum absolute atomic E-state index is 13.8. The van der Waals surface area contributed by atoms with E-state index in [4.69, 9.17) is 0 Å². The van der Waals surface area contributed by atoms with Gasteiger partial charge in [-0.25, -0.2) is 9.37 Å². The molecule has 0 fully saturated rings. The highest BCUT2D eigenvalue weighted by atomic mass is 19.1. The number of fused-ring (bicyclic) bond motifs is 1. The number of nitrogens with one attached hydrogen (secondary N) is 1. The maximum Gasteiger partial charge on any atom is 0.151 e. The van der Waals surface area contributed by atoms with E-state index in [9.17, 15) is 4.39 Å². The Morgan fingerprint density at radius 2 is 1.89 bits per heavy atom. The third-order valence-electron chi connectivity index (χ3n) is 3.30. The monoisotopic (exact) mass is 255 g/mol. The summed E-state index contributed by atoms with van der Waals surface area (Å²) in [5, 5.41) is 3.13. The molecule has 0 amide bonds. The summed E-state index contributed by atoms with van der Waals surface area (Å²) in [4.78, 5) is 4.44. The molecule has 3 nitrogen and oxygen atoms in total. The van der Waals surface area contributed by atoms with Crippen LogP contribution in [-0.4, -0.2) is 16.6 Å². The summed E-state index contributed by atoms with van der Waals surface area (Å²) in [5.41, 5.74) is 3.14. The minimum absolute atomic E-state index is 0.290. The average molecular weight is 255 g/mol. The van der Waals surface area contributed by atoms with Gasteiger partial charge in [0.15, 0.2) is 5.82 Å². The Labute approximate surface area is 110 Å². The first kappa shape index (κ1) is 11.7. The van der Waals surface area contributed by atoms with Crippen LogP contribution >= 0.6 is 0 Å². The average Bonchev–Trinajstić information content (AvgIpc) is 2.78. The van der Waals surface area contributed by atoms with E-state index >= 15 is 0 Å². The number of aryl methyl sites for hydroxylation is 1. The number of imidazole rings is 1. The van der Waals surface area contributed by atoms with Gasteiger partial charge in [-0.2, -0.15) is 0 Å². The fraction of sp³-hybridized carbons (Fsp3) is 0.133. The number of hydrogen-bond donors (Lipinski definition) is 1. The summed E-state index contributed by atoms with van der Waals surface area (Å²) in [7, 11) is 3.76. The molecule has 0 saturated carbocycles. The zero-order valence-electron chi connectivity index (χ0n) is 10.8. The molecule has 0 radical (unpaired) electrons. The van der Waals surface area contributed by atoms with Crippen molar-refractivity contribution in [1.82, 2.24) is 9.55 Å². The number of para-hydroxylation sites is 2. The summed E-state index contributed by atoms with van der Waals surface area (Å²) in [5.74, 6) is 0.464. The molecule has 0 aliphatic carbocycles. The molecule has 0 aliphatic rings. The highest BCUT2D eigenvalue weighted by Gasteiger charge is 2.14. The Morgan fingerprint density at radius 3 is 2.63 bits per heavy atom. The minimum Gasteiger partial charge on any atom is -0.388 e. The van der Waals surface area contributed by atoms with Gasteiger partial charge in [0.25, 0.3) is 0 Å². The summed E-state index contributed by atoms with van der Waals surface area (Å²) in [6, 6.07) is 12.9.